The number of benzene rings is 2. The van der Waals surface area contributed by atoms with Gasteiger partial charge in [-0.05, 0) is 18.6 Å². The van der Waals surface area contributed by atoms with Crippen LogP contribution in [0.5, 0.6) is 0 Å². The molecule has 0 bridgehead atoms. The van der Waals surface area contributed by atoms with Gasteiger partial charge in [0.2, 0.25) is 0 Å². The van der Waals surface area contributed by atoms with E-state index in [0.29, 0.717) is 39.2 Å². The molecule has 22 heavy (non-hydrogen) atoms. The molecule has 1 aliphatic carbocycles. The van der Waals surface area contributed by atoms with Gasteiger partial charge in [0.15, 0.2) is 11.6 Å². The van der Waals surface area contributed by atoms with Crippen LogP contribution in [0.25, 0.3) is 0 Å². The SMILES string of the molecule is Cc1cc(N)c(NCCO)c2c1C(=O)c1ccccc1C2=O. The summed E-state index contributed by atoms with van der Waals surface area (Å²) in [5.41, 5.74) is 8.99. The molecule has 5 heteroatoms. The number of ketones is 2. The van der Waals surface area contributed by atoms with Crippen molar-refractivity contribution in [2.24, 2.45) is 0 Å². The Bertz CT molecular complexity index is 797. The maximum absolute atomic E-state index is 12.8. The van der Waals surface area contributed by atoms with E-state index in [4.69, 9.17) is 10.8 Å². The number of aryl methyl sites for hydroxylation is 1. The molecule has 0 radical (unpaired) electrons. The van der Waals surface area contributed by atoms with Crippen molar-refractivity contribution < 1.29 is 14.7 Å². The molecule has 0 heterocycles. The van der Waals surface area contributed by atoms with Gasteiger partial charge in [-0.25, -0.2) is 0 Å². The van der Waals surface area contributed by atoms with Gasteiger partial charge in [0.05, 0.1) is 23.5 Å². The van der Waals surface area contributed by atoms with Crippen molar-refractivity contribution in [2.75, 3.05) is 24.2 Å². The lowest BCUT2D eigenvalue weighted by atomic mass is 9.81. The third-order valence-electron chi connectivity index (χ3n) is 3.84. The van der Waals surface area contributed by atoms with Crippen LogP contribution >= 0.6 is 0 Å². The van der Waals surface area contributed by atoms with Crippen molar-refractivity contribution in [3.63, 3.8) is 0 Å². The molecule has 0 saturated heterocycles. The van der Waals surface area contributed by atoms with Crippen molar-refractivity contribution in [2.45, 2.75) is 6.92 Å². The van der Waals surface area contributed by atoms with Crippen molar-refractivity contribution in [3.8, 4) is 0 Å². The first-order valence-corrected chi connectivity index (χ1v) is 7.02. The maximum atomic E-state index is 12.8. The Morgan fingerprint density at radius 2 is 1.68 bits per heavy atom. The van der Waals surface area contributed by atoms with E-state index < -0.39 is 0 Å². The Kier molecular flexibility index (Phi) is 3.42. The Hall–Kier alpha value is -2.66. The van der Waals surface area contributed by atoms with Crippen LogP contribution in [0.1, 0.15) is 37.4 Å². The molecule has 0 aromatic heterocycles. The van der Waals surface area contributed by atoms with Gasteiger partial charge in [-0.3, -0.25) is 9.59 Å². The van der Waals surface area contributed by atoms with Crippen LogP contribution in [-0.4, -0.2) is 29.8 Å². The van der Waals surface area contributed by atoms with Crippen LogP contribution in [0, 0.1) is 6.92 Å². The van der Waals surface area contributed by atoms with Gasteiger partial charge in [-0.1, -0.05) is 24.3 Å². The molecule has 112 valence electrons. The van der Waals surface area contributed by atoms with E-state index >= 15 is 0 Å². The van der Waals surface area contributed by atoms with Gasteiger partial charge in [-0.15, -0.1) is 0 Å². The van der Waals surface area contributed by atoms with E-state index in [1.807, 2.05) is 0 Å². The van der Waals surface area contributed by atoms with Gasteiger partial charge in [0.1, 0.15) is 0 Å². The minimum atomic E-state index is -0.221. The van der Waals surface area contributed by atoms with Crippen LogP contribution in [0.2, 0.25) is 0 Å². The summed E-state index contributed by atoms with van der Waals surface area (Å²) in [6.07, 6.45) is 0. The molecule has 1 aliphatic rings. The first-order chi connectivity index (χ1) is 10.6. The quantitative estimate of drug-likeness (QED) is 0.640. The van der Waals surface area contributed by atoms with Gasteiger partial charge in [-0.2, -0.15) is 0 Å². The fourth-order valence-corrected chi connectivity index (χ4v) is 2.88. The molecular weight excluding hydrogens is 280 g/mol. The largest absolute Gasteiger partial charge is 0.397 e. The fraction of sp³-hybridized carbons (Fsp3) is 0.176. The standard InChI is InChI=1S/C17H16N2O3/c1-9-8-12(18)15(19-6-7-20)14-13(9)16(21)10-4-2-3-5-11(10)17(14)22/h2-5,8,19-20H,6-7,18H2,1H3. The molecule has 2 aromatic carbocycles. The fourth-order valence-electron chi connectivity index (χ4n) is 2.88. The highest BCUT2D eigenvalue weighted by atomic mass is 16.3. The molecule has 3 rings (SSSR count). The molecule has 0 spiro atoms. The molecule has 0 fully saturated rings. The van der Waals surface area contributed by atoms with Crippen molar-refractivity contribution >= 4 is 22.9 Å². The molecule has 4 N–H and O–H groups in total. The summed E-state index contributed by atoms with van der Waals surface area (Å²) in [6, 6.07) is 8.46. The Morgan fingerprint density at radius 3 is 2.27 bits per heavy atom. The summed E-state index contributed by atoms with van der Waals surface area (Å²) in [7, 11) is 0. The van der Waals surface area contributed by atoms with E-state index in [9.17, 15) is 9.59 Å². The van der Waals surface area contributed by atoms with E-state index in [2.05, 4.69) is 5.32 Å². The number of hydrogen-bond donors (Lipinski definition) is 3. The number of anilines is 2. The van der Waals surface area contributed by atoms with Gasteiger partial charge in [0.25, 0.3) is 0 Å². The minimum Gasteiger partial charge on any atom is -0.397 e. The molecule has 0 atom stereocenters. The minimum absolute atomic E-state index is 0.0964. The van der Waals surface area contributed by atoms with Crippen molar-refractivity contribution in [3.05, 3.63) is 58.1 Å². The van der Waals surface area contributed by atoms with E-state index in [1.54, 1.807) is 37.3 Å². The number of aliphatic hydroxyl groups is 1. The number of aliphatic hydroxyl groups excluding tert-OH is 1. The molecule has 2 aromatic rings. The maximum Gasteiger partial charge on any atom is 0.196 e. The Labute approximate surface area is 127 Å². The number of fused-ring (bicyclic) bond motifs is 2. The molecule has 0 saturated carbocycles. The first-order valence-electron chi connectivity index (χ1n) is 7.02. The Balaban J connectivity index is 2.29. The van der Waals surface area contributed by atoms with Crippen molar-refractivity contribution in [1.29, 1.82) is 0 Å². The number of nitrogens with two attached hydrogens (primary N) is 1. The third kappa shape index (κ3) is 1.98. The molecule has 0 unspecified atom stereocenters. The summed E-state index contributed by atoms with van der Waals surface area (Å²) >= 11 is 0. The zero-order valence-corrected chi connectivity index (χ0v) is 12.1. The smallest absolute Gasteiger partial charge is 0.196 e. The first kappa shape index (κ1) is 14.3. The Morgan fingerprint density at radius 1 is 1.09 bits per heavy atom. The molecule has 5 nitrogen and oxygen atoms in total. The second-order valence-electron chi connectivity index (χ2n) is 5.26. The number of rotatable bonds is 3. The predicted octanol–water partition coefficient (Wildman–Crippen LogP) is 1.76. The monoisotopic (exact) mass is 296 g/mol. The van der Waals surface area contributed by atoms with Crippen LogP contribution < -0.4 is 11.1 Å². The zero-order valence-electron chi connectivity index (χ0n) is 12.1. The summed E-state index contributed by atoms with van der Waals surface area (Å²) in [4.78, 5) is 25.6. The lowest BCUT2D eigenvalue weighted by Gasteiger charge is -2.23. The highest BCUT2D eigenvalue weighted by molar-refractivity contribution is 6.31. The van der Waals surface area contributed by atoms with Gasteiger partial charge in [0, 0.05) is 23.2 Å². The molecule has 0 amide bonds. The zero-order chi connectivity index (χ0) is 15.9. The van der Waals surface area contributed by atoms with Gasteiger partial charge >= 0.3 is 0 Å². The summed E-state index contributed by atoms with van der Waals surface area (Å²) in [5.74, 6) is -0.393. The van der Waals surface area contributed by atoms with Crippen LogP contribution in [0.4, 0.5) is 11.4 Å². The lowest BCUT2D eigenvalue weighted by Crippen LogP contribution is -2.25. The molecular formula is C17H16N2O3. The highest BCUT2D eigenvalue weighted by Crippen LogP contribution is 2.37. The van der Waals surface area contributed by atoms with Crippen LogP contribution in [0.3, 0.4) is 0 Å². The number of nitrogens with one attached hydrogen (secondary N) is 1. The highest BCUT2D eigenvalue weighted by Gasteiger charge is 2.33. The number of hydrogen-bond acceptors (Lipinski definition) is 5. The van der Waals surface area contributed by atoms with E-state index in [0.717, 1.165) is 0 Å². The summed E-state index contributed by atoms with van der Waals surface area (Å²) in [6.45, 7) is 1.92. The summed E-state index contributed by atoms with van der Waals surface area (Å²) in [5, 5.41) is 11.9. The molecule has 0 aliphatic heterocycles. The number of nitrogen functional groups attached to an aromatic ring is 1. The normalized spacial score (nSPS) is 12.8. The van der Waals surface area contributed by atoms with E-state index in [1.165, 1.54) is 0 Å². The van der Waals surface area contributed by atoms with Crippen molar-refractivity contribution in [1.82, 2.24) is 0 Å². The average molecular weight is 296 g/mol. The third-order valence-corrected chi connectivity index (χ3v) is 3.84. The lowest BCUT2D eigenvalue weighted by molar-refractivity contribution is 0.0979. The topological polar surface area (TPSA) is 92.4 Å². The second kappa shape index (κ2) is 5.27. The average Bonchev–Trinajstić information content (AvgIpc) is 2.51. The predicted molar refractivity (Wildman–Crippen MR) is 84.5 cm³/mol. The number of carbonyl (C=O) groups excluding carboxylic acids is 2. The summed E-state index contributed by atoms with van der Waals surface area (Å²) < 4.78 is 0. The van der Waals surface area contributed by atoms with Crippen LogP contribution in [0.15, 0.2) is 30.3 Å². The van der Waals surface area contributed by atoms with E-state index in [-0.39, 0.29) is 24.7 Å². The van der Waals surface area contributed by atoms with Gasteiger partial charge < -0.3 is 16.2 Å². The number of carbonyl (C=O) groups is 2. The van der Waals surface area contributed by atoms with Crippen LogP contribution in [-0.2, 0) is 0 Å². The second-order valence-corrected chi connectivity index (χ2v) is 5.26.